The van der Waals surface area contributed by atoms with Gasteiger partial charge in [-0.1, -0.05) is 36.4 Å². The molecule has 0 fully saturated rings. The predicted molar refractivity (Wildman–Crippen MR) is 85.4 cm³/mol. The first-order chi connectivity index (χ1) is 11.6. The van der Waals surface area contributed by atoms with Crippen molar-refractivity contribution in [3.05, 3.63) is 94.0 Å². The van der Waals surface area contributed by atoms with Crippen molar-refractivity contribution in [2.24, 2.45) is 0 Å². The van der Waals surface area contributed by atoms with Crippen molar-refractivity contribution in [2.75, 3.05) is 0 Å². The van der Waals surface area contributed by atoms with Gasteiger partial charge in [-0.15, -0.1) is 0 Å². The Morgan fingerprint density at radius 1 is 1.08 bits per heavy atom. The molecule has 0 aliphatic carbocycles. The maximum absolute atomic E-state index is 12.4. The van der Waals surface area contributed by atoms with Crippen molar-refractivity contribution < 1.29 is 14.1 Å². The summed E-state index contributed by atoms with van der Waals surface area (Å²) in [5, 5.41) is 13.5. The van der Waals surface area contributed by atoms with Crippen LogP contribution in [0.25, 0.3) is 0 Å². The summed E-state index contributed by atoms with van der Waals surface area (Å²) in [6.07, 6.45) is 1.63. The van der Waals surface area contributed by atoms with Crippen LogP contribution in [-0.2, 0) is 0 Å². The Bertz CT molecular complexity index is 807. The summed E-state index contributed by atoms with van der Waals surface area (Å²) in [6, 6.07) is 16.6. The average molecular weight is 323 g/mol. The summed E-state index contributed by atoms with van der Waals surface area (Å²) >= 11 is 0. The first kappa shape index (κ1) is 15.4. The molecule has 3 rings (SSSR count). The number of hydrogen-bond acceptors (Lipinski definition) is 5. The zero-order valence-corrected chi connectivity index (χ0v) is 12.5. The molecular formula is C17H13N3O4. The fraction of sp³-hybridized carbons (Fsp3) is 0.0588. The molecule has 2 aromatic heterocycles. The van der Waals surface area contributed by atoms with Gasteiger partial charge in [-0.25, -0.2) is 0 Å². The molecule has 0 radical (unpaired) electrons. The molecule has 0 saturated heterocycles. The third-order valence-electron chi connectivity index (χ3n) is 3.39. The van der Waals surface area contributed by atoms with Crippen LogP contribution in [0.4, 0.5) is 5.88 Å². The number of nitrogens with zero attached hydrogens (tertiary/aromatic N) is 2. The Morgan fingerprint density at radius 3 is 2.46 bits per heavy atom. The van der Waals surface area contributed by atoms with E-state index in [1.165, 1.54) is 6.07 Å². The molecule has 7 nitrogen and oxygen atoms in total. The number of pyridine rings is 1. The summed E-state index contributed by atoms with van der Waals surface area (Å²) in [7, 11) is 0. The van der Waals surface area contributed by atoms with E-state index in [4.69, 9.17) is 4.42 Å². The van der Waals surface area contributed by atoms with E-state index in [1.54, 1.807) is 18.3 Å². The van der Waals surface area contributed by atoms with E-state index in [2.05, 4.69) is 10.3 Å². The van der Waals surface area contributed by atoms with Gasteiger partial charge in [0, 0.05) is 6.20 Å². The number of carbonyl (C=O) groups excluding carboxylic acids is 1. The van der Waals surface area contributed by atoms with Gasteiger partial charge < -0.3 is 9.73 Å². The lowest BCUT2D eigenvalue weighted by Crippen LogP contribution is -2.29. The first-order valence-corrected chi connectivity index (χ1v) is 7.16. The monoisotopic (exact) mass is 323 g/mol. The third-order valence-corrected chi connectivity index (χ3v) is 3.39. The molecular weight excluding hydrogens is 310 g/mol. The van der Waals surface area contributed by atoms with E-state index in [0.717, 1.165) is 11.6 Å². The molecule has 1 unspecified atom stereocenters. The lowest BCUT2D eigenvalue weighted by molar-refractivity contribution is -0.402. The Morgan fingerprint density at radius 2 is 1.83 bits per heavy atom. The number of furan rings is 1. The van der Waals surface area contributed by atoms with Gasteiger partial charge >= 0.3 is 5.88 Å². The van der Waals surface area contributed by atoms with Crippen LogP contribution >= 0.6 is 0 Å². The molecule has 1 atom stereocenters. The van der Waals surface area contributed by atoms with Crippen LogP contribution in [-0.4, -0.2) is 15.8 Å². The van der Waals surface area contributed by atoms with Gasteiger partial charge in [-0.2, -0.15) is 0 Å². The molecule has 120 valence electrons. The summed E-state index contributed by atoms with van der Waals surface area (Å²) in [6.45, 7) is 0. The van der Waals surface area contributed by atoms with Crippen LogP contribution in [0.15, 0.2) is 71.3 Å². The fourth-order valence-electron chi connectivity index (χ4n) is 2.27. The van der Waals surface area contributed by atoms with Gasteiger partial charge in [0.15, 0.2) is 5.76 Å². The largest absolute Gasteiger partial charge is 0.433 e. The Kier molecular flexibility index (Phi) is 4.33. The molecule has 0 aliphatic rings. The smallest absolute Gasteiger partial charge is 0.395 e. The van der Waals surface area contributed by atoms with Crippen LogP contribution in [0.5, 0.6) is 0 Å². The van der Waals surface area contributed by atoms with Gasteiger partial charge in [0.05, 0.1) is 17.8 Å². The van der Waals surface area contributed by atoms with Crippen molar-refractivity contribution in [1.82, 2.24) is 10.3 Å². The zero-order chi connectivity index (χ0) is 16.9. The molecule has 24 heavy (non-hydrogen) atoms. The zero-order valence-electron chi connectivity index (χ0n) is 12.5. The maximum atomic E-state index is 12.4. The van der Waals surface area contributed by atoms with Crippen molar-refractivity contribution in [2.45, 2.75) is 6.04 Å². The van der Waals surface area contributed by atoms with Gasteiger partial charge in [0.1, 0.15) is 4.92 Å². The topological polar surface area (TPSA) is 98.3 Å². The minimum absolute atomic E-state index is 0.126. The number of rotatable bonds is 5. The van der Waals surface area contributed by atoms with E-state index in [-0.39, 0.29) is 5.76 Å². The first-order valence-electron chi connectivity index (χ1n) is 7.16. The Hall–Kier alpha value is -3.48. The van der Waals surface area contributed by atoms with E-state index >= 15 is 0 Å². The molecule has 0 bridgehead atoms. The number of hydrogen-bond donors (Lipinski definition) is 1. The minimum Gasteiger partial charge on any atom is -0.395 e. The highest BCUT2D eigenvalue weighted by Crippen LogP contribution is 2.22. The summed E-state index contributed by atoms with van der Waals surface area (Å²) in [5.74, 6) is -1.16. The van der Waals surface area contributed by atoms with E-state index in [1.807, 2.05) is 36.4 Å². The highest BCUT2D eigenvalue weighted by atomic mass is 16.6. The summed E-state index contributed by atoms with van der Waals surface area (Å²) in [5.41, 5.74) is 1.49. The molecule has 0 saturated carbocycles. The number of aromatic nitrogens is 1. The molecule has 7 heteroatoms. The van der Waals surface area contributed by atoms with Crippen molar-refractivity contribution in [3.8, 4) is 0 Å². The van der Waals surface area contributed by atoms with Crippen LogP contribution in [0.3, 0.4) is 0 Å². The lowest BCUT2D eigenvalue weighted by Gasteiger charge is -2.18. The number of amides is 1. The molecule has 3 aromatic rings. The van der Waals surface area contributed by atoms with Crippen molar-refractivity contribution in [1.29, 1.82) is 0 Å². The molecule has 0 spiro atoms. The second-order valence-electron chi connectivity index (χ2n) is 4.97. The molecule has 2 heterocycles. The normalized spacial score (nSPS) is 11.7. The highest BCUT2D eigenvalue weighted by Gasteiger charge is 2.22. The fourth-order valence-corrected chi connectivity index (χ4v) is 2.27. The highest BCUT2D eigenvalue weighted by molar-refractivity contribution is 5.92. The second-order valence-corrected chi connectivity index (χ2v) is 4.97. The van der Waals surface area contributed by atoms with Crippen molar-refractivity contribution in [3.63, 3.8) is 0 Å². The van der Waals surface area contributed by atoms with Crippen LogP contribution in [0.2, 0.25) is 0 Å². The van der Waals surface area contributed by atoms with Gasteiger partial charge in [-0.05, 0) is 23.8 Å². The second kappa shape index (κ2) is 6.74. The maximum Gasteiger partial charge on any atom is 0.433 e. The quantitative estimate of drug-likeness (QED) is 0.574. The molecule has 1 aromatic carbocycles. The van der Waals surface area contributed by atoms with E-state index < -0.39 is 22.8 Å². The SMILES string of the molecule is O=C(NC(c1ccccc1)c1ccccn1)c1ccc([N+](=O)[O-])o1. The number of nitrogens with one attached hydrogen (secondary N) is 1. The number of nitro groups is 1. The van der Waals surface area contributed by atoms with E-state index in [0.29, 0.717) is 5.69 Å². The Labute approximate surface area is 137 Å². The molecule has 1 N–H and O–H groups in total. The predicted octanol–water partition coefficient (Wildman–Crippen LogP) is 3.10. The average Bonchev–Trinajstić information content (AvgIpc) is 3.11. The summed E-state index contributed by atoms with van der Waals surface area (Å²) < 4.78 is 4.95. The van der Waals surface area contributed by atoms with Crippen LogP contribution < -0.4 is 5.32 Å². The molecule has 1 amide bonds. The third kappa shape index (κ3) is 3.30. The van der Waals surface area contributed by atoms with Crippen molar-refractivity contribution >= 4 is 11.8 Å². The Balaban J connectivity index is 1.89. The standard InChI is InChI=1S/C17H13N3O4/c21-17(14-9-10-15(24-14)20(22)23)19-16(12-6-2-1-3-7-12)13-8-4-5-11-18-13/h1-11,16H,(H,19,21). The minimum atomic E-state index is -0.690. The number of benzene rings is 1. The van der Waals surface area contributed by atoms with Gasteiger partial charge in [0.2, 0.25) is 0 Å². The number of carbonyl (C=O) groups is 1. The lowest BCUT2D eigenvalue weighted by atomic mass is 10.0. The van der Waals surface area contributed by atoms with Gasteiger partial charge in [-0.3, -0.25) is 19.9 Å². The van der Waals surface area contributed by atoms with E-state index in [9.17, 15) is 14.9 Å². The van der Waals surface area contributed by atoms with Crippen LogP contribution in [0.1, 0.15) is 27.9 Å². The van der Waals surface area contributed by atoms with Crippen LogP contribution in [0, 0.1) is 10.1 Å². The summed E-state index contributed by atoms with van der Waals surface area (Å²) in [4.78, 5) is 26.6. The molecule has 0 aliphatic heterocycles. The van der Waals surface area contributed by atoms with Gasteiger partial charge in [0.25, 0.3) is 5.91 Å².